The van der Waals surface area contributed by atoms with Crippen LogP contribution in [0, 0.1) is 0 Å². The number of carbonyl (C=O) groups is 3. The Morgan fingerprint density at radius 2 is 1.61 bits per heavy atom. The molecule has 2 atom stereocenters. The summed E-state index contributed by atoms with van der Waals surface area (Å²) >= 11 is 0. The first-order valence-corrected chi connectivity index (χ1v) is 9.34. The Morgan fingerprint density at radius 1 is 1.00 bits per heavy atom. The number of amides is 1. The molecule has 0 bridgehead atoms. The number of esters is 2. The molecule has 1 rings (SSSR count). The zero-order valence-corrected chi connectivity index (χ0v) is 16.8. The molecule has 0 fully saturated rings. The van der Waals surface area contributed by atoms with Crippen molar-refractivity contribution in [3.05, 3.63) is 61.2 Å². The van der Waals surface area contributed by atoms with E-state index in [1.807, 2.05) is 0 Å². The molecule has 0 radical (unpaired) electrons. The topological polar surface area (TPSA) is 93.7 Å². The van der Waals surface area contributed by atoms with Gasteiger partial charge in [-0.2, -0.15) is 13.2 Å². The molecule has 1 amide bonds. The van der Waals surface area contributed by atoms with Crippen LogP contribution < -0.4 is 10.6 Å². The average molecular weight is 442 g/mol. The predicted octanol–water partition coefficient (Wildman–Crippen LogP) is 2.08. The number of hydrogen-bond acceptors (Lipinski definition) is 6. The number of benzene rings is 1. The first kappa shape index (κ1) is 25.9. The van der Waals surface area contributed by atoms with E-state index >= 15 is 0 Å². The number of rotatable bonds is 13. The number of ether oxygens (including phenoxy) is 2. The van der Waals surface area contributed by atoms with Crippen LogP contribution in [0.2, 0.25) is 0 Å². The van der Waals surface area contributed by atoms with E-state index in [4.69, 9.17) is 9.47 Å². The second-order valence-corrected chi connectivity index (χ2v) is 6.39. The summed E-state index contributed by atoms with van der Waals surface area (Å²) in [5.74, 6) is -2.66. The third-order valence-corrected chi connectivity index (χ3v) is 3.83. The molecule has 31 heavy (non-hydrogen) atoms. The fraction of sp³-hybridized carbons (Fsp3) is 0.381. The summed E-state index contributed by atoms with van der Waals surface area (Å²) in [7, 11) is 0. The van der Waals surface area contributed by atoms with Crippen LogP contribution >= 0.6 is 0 Å². The molecule has 0 aliphatic heterocycles. The van der Waals surface area contributed by atoms with Crippen LogP contribution in [0.1, 0.15) is 12.0 Å². The van der Waals surface area contributed by atoms with Crippen LogP contribution in [0.5, 0.6) is 0 Å². The van der Waals surface area contributed by atoms with Crippen molar-refractivity contribution in [2.75, 3.05) is 19.8 Å². The summed E-state index contributed by atoms with van der Waals surface area (Å²) in [6, 6.07) is 5.62. The normalized spacial score (nSPS) is 12.9. The minimum absolute atomic E-state index is 0.0713. The minimum Gasteiger partial charge on any atom is -0.461 e. The fourth-order valence-electron chi connectivity index (χ4n) is 2.43. The van der Waals surface area contributed by atoms with Crippen molar-refractivity contribution in [1.29, 1.82) is 0 Å². The molecular weight excluding hydrogens is 417 g/mol. The Morgan fingerprint density at radius 3 is 2.19 bits per heavy atom. The minimum atomic E-state index is -4.55. The molecule has 0 aliphatic carbocycles. The second-order valence-electron chi connectivity index (χ2n) is 6.39. The number of halogens is 3. The van der Waals surface area contributed by atoms with Crippen LogP contribution in [0.3, 0.4) is 0 Å². The highest BCUT2D eigenvalue weighted by molar-refractivity contribution is 5.90. The van der Waals surface area contributed by atoms with Gasteiger partial charge in [-0.3, -0.25) is 14.9 Å². The summed E-state index contributed by atoms with van der Waals surface area (Å²) < 4.78 is 47.8. The summed E-state index contributed by atoms with van der Waals surface area (Å²) in [5, 5.41) is 4.43. The van der Waals surface area contributed by atoms with Crippen molar-refractivity contribution in [2.24, 2.45) is 0 Å². The van der Waals surface area contributed by atoms with E-state index in [0.29, 0.717) is 5.56 Å². The van der Waals surface area contributed by atoms with Crippen molar-refractivity contribution in [3.63, 3.8) is 0 Å². The van der Waals surface area contributed by atoms with Gasteiger partial charge in [0.2, 0.25) is 5.91 Å². The molecule has 1 aromatic rings. The summed E-state index contributed by atoms with van der Waals surface area (Å²) in [6.45, 7) is 5.09. The summed E-state index contributed by atoms with van der Waals surface area (Å²) in [4.78, 5) is 36.8. The average Bonchev–Trinajstić information content (AvgIpc) is 2.72. The molecule has 10 heteroatoms. The van der Waals surface area contributed by atoms with Gasteiger partial charge in [0.05, 0.1) is 19.0 Å². The van der Waals surface area contributed by atoms with Gasteiger partial charge in [0.25, 0.3) is 0 Å². The maximum absolute atomic E-state index is 12.7. The van der Waals surface area contributed by atoms with E-state index in [-0.39, 0.29) is 19.6 Å². The van der Waals surface area contributed by atoms with Crippen molar-refractivity contribution in [3.8, 4) is 0 Å². The monoisotopic (exact) mass is 442 g/mol. The molecule has 7 nitrogen and oxygen atoms in total. The van der Waals surface area contributed by atoms with Crippen LogP contribution in [0.25, 0.3) is 0 Å². The number of alkyl halides is 3. The van der Waals surface area contributed by atoms with Gasteiger partial charge in [-0.1, -0.05) is 55.6 Å². The van der Waals surface area contributed by atoms with Gasteiger partial charge in [0, 0.05) is 0 Å². The van der Waals surface area contributed by atoms with E-state index in [9.17, 15) is 27.6 Å². The first-order chi connectivity index (χ1) is 14.7. The lowest BCUT2D eigenvalue weighted by atomic mass is 10.0. The van der Waals surface area contributed by atoms with E-state index in [2.05, 4.69) is 23.8 Å². The van der Waals surface area contributed by atoms with Crippen LogP contribution in [-0.4, -0.2) is 55.9 Å². The standard InChI is InChI=1S/C21H25F3N2O5/c1-3-10-30-18(27)13-17(20(29)31-11-4-2)26-19(28)16(25-14-21(22,23)24)12-15-8-6-5-7-9-15/h3-9,16-17,25H,1-2,10-14H2,(H,26,28)/t16-,17?/m0/s1. The van der Waals surface area contributed by atoms with Gasteiger partial charge < -0.3 is 14.8 Å². The van der Waals surface area contributed by atoms with Gasteiger partial charge in [0.1, 0.15) is 19.3 Å². The van der Waals surface area contributed by atoms with Gasteiger partial charge in [-0.15, -0.1) is 0 Å². The Bertz CT molecular complexity index is 753. The third kappa shape index (κ3) is 11.0. The Hall–Kier alpha value is -3.14. The highest BCUT2D eigenvalue weighted by Gasteiger charge is 2.33. The fourth-order valence-corrected chi connectivity index (χ4v) is 2.43. The number of carbonyl (C=O) groups excluding carboxylic acids is 3. The zero-order valence-electron chi connectivity index (χ0n) is 16.8. The third-order valence-electron chi connectivity index (χ3n) is 3.83. The van der Waals surface area contributed by atoms with Crippen molar-refractivity contribution >= 4 is 17.8 Å². The Balaban J connectivity index is 2.96. The molecule has 0 saturated heterocycles. The summed E-state index contributed by atoms with van der Waals surface area (Å²) in [6.07, 6.45) is -2.58. The van der Waals surface area contributed by atoms with Gasteiger partial charge in [-0.05, 0) is 12.0 Å². The SMILES string of the molecule is C=CCOC(=O)CC(NC(=O)[C@H](Cc1ccccc1)NCC(F)(F)F)C(=O)OCC=C. The zero-order chi connectivity index (χ0) is 23.3. The maximum Gasteiger partial charge on any atom is 0.401 e. The van der Waals surface area contributed by atoms with Crippen LogP contribution in [-0.2, 0) is 30.3 Å². The van der Waals surface area contributed by atoms with Gasteiger partial charge in [-0.25, -0.2) is 4.79 Å². The molecule has 170 valence electrons. The highest BCUT2D eigenvalue weighted by atomic mass is 19.4. The van der Waals surface area contributed by atoms with E-state index in [1.54, 1.807) is 30.3 Å². The quantitative estimate of drug-likeness (QED) is 0.359. The molecule has 1 aromatic carbocycles. The Labute approximate surface area is 178 Å². The Kier molecular flexibility index (Phi) is 11.0. The number of hydrogen-bond donors (Lipinski definition) is 2. The molecule has 0 aliphatic rings. The first-order valence-electron chi connectivity index (χ1n) is 9.34. The van der Waals surface area contributed by atoms with Gasteiger partial charge >= 0.3 is 18.1 Å². The van der Waals surface area contributed by atoms with E-state index < -0.39 is 49.1 Å². The summed E-state index contributed by atoms with van der Waals surface area (Å²) in [5.41, 5.74) is 0.605. The largest absolute Gasteiger partial charge is 0.461 e. The lowest BCUT2D eigenvalue weighted by Gasteiger charge is -2.23. The molecule has 0 saturated carbocycles. The predicted molar refractivity (Wildman–Crippen MR) is 107 cm³/mol. The van der Waals surface area contributed by atoms with E-state index in [1.165, 1.54) is 12.2 Å². The van der Waals surface area contributed by atoms with Crippen molar-refractivity contribution < 1.29 is 37.0 Å². The highest BCUT2D eigenvalue weighted by Crippen LogP contribution is 2.14. The molecule has 0 heterocycles. The van der Waals surface area contributed by atoms with Gasteiger partial charge in [0.15, 0.2) is 0 Å². The van der Waals surface area contributed by atoms with Crippen LogP contribution in [0.15, 0.2) is 55.6 Å². The lowest BCUT2D eigenvalue weighted by molar-refractivity contribution is -0.152. The molecule has 0 spiro atoms. The number of nitrogens with one attached hydrogen (secondary N) is 2. The van der Waals surface area contributed by atoms with Crippen molar-refractivity contribution in [1.82, 2.24) is 10.6 Å². The molecular formula is C21H25F3N2O5. The smallest absolute Gasteiger partial charge is 0.401 e. The lowest BCUT2D eigenvalue weighted by Crippen LogP contribution is -2.53. The molecule has 2 N–H and O–H groups in total. The van der Waals surface area contributed by atoms with Crippen LogP contribution in [0.4, 0.5) is 13.2 Å². The maximum atomic E-state index is 12.7. The molecule has 1 unspecified atom stereocenters. The second kappa shape index (κ2) is 13.2. The molecule has 0 aromatic heterocycles. The van der Waals surface area contributed by atoms with E-state index in [0.717, 1.165) is 0 Å². The van der Waals surface area contributed by atoms with Crippen molar-refractivity contribution in [2.45, 2.75) is 31.1 Å².